The summed E-state index contributed by atoms with van der Waals surface area (Å²) in [5.41, 5.74) is 3.63. The van der Waals surface area contributed by atoms with Crippen LogP contribution in [0.3, 0.4) is 0 Å². The Morgan fingerprint density at radius 3 is 1.49 bits per heavy atom. The quantitative estimate of drug-likeness (QED) is 0.135. The SMILES string of the molecule is C=CCC1(C)O[C@H](COCc2ccccc2)[C@@H](OCc2ccccc2)[C@H](OCc2ccccc2)[C@H]1OCc1ccccc1. The lowest BCUT2D eigenvalue weighted by molar-refractivity contribution is -0.303. The number of hydrogen-bond donors (Lipinski definition) is 0. The summed E-state index contributed by atoms with van der Waals surface area (Å²) in [5.74, 6) is 0. The van der Waals surface area contributed by atoms with Crippen molar-refractivity contribution in [2.45, 2.75) is 69.8 Å². The van der Waals surface area contributed by atoms with Crippen LogP contribution in [0.15, 0.2) is 134 Å². The zero-order valence-electron chi connectivity index (χ0n) is 24.9. The molecule has 5 atom stereocenters. The number of hydrogen-bond acceptors (Lipinski definition) is 5. The maximum Gasteiger partial charge on any atom is 0.116 e. The second kappa shape index (κ2) is 15.8. The molecule has 0 spiro atoms. The highest BCUT2D eigenvalue weighted by Crippen LogP contribution is 2.39. The van der Waals surface area contributed by atoms with Crippen molar-refractivity contribution in [2.24, 2.45) is 0 Å². The van der Waals surface area contributed by atoms with Gasteiger partial charge in [-0.3, -0.25) is 0 Å². The highest BCUT2D eigenvalue weighted by atomic mass is 16.6. The molecule has 224 valence electrons. The molecular formula is C38H42O5. The van der Waals surface area contributed by atoms with Crippen LogP contribution in [0.4, 0.5) is 0 Å². The Balaban J connectivity index is 1.44. The zero-order chi connectivity index (χ0) is 29.7. The first-order chi connectivity index (χ1) is 21.1. The molecule has 5 rings (SSSR count). The van der Waals surface area contributed by atoms with Gasteiger partial charge in [0.2, 0.25) is 0 Å². The van der Waals surface area contributed by atoms with E-state index in [1.165, 1.54) is 0 Å². The highest BCUT2D eigenvalue weighted by Gasteiger charge is 2.54. The van der Waals surface area contributed by atoms with Crippen molar-refractivity contribution in [3.05, 3.63) is 156 Å². The van der Waals surface area contributed by atoms with Gasteiger partial charge in [-0.15, -0.1) is 6.58 Å². The van der Waals surface area contributed by atoms with Gasteiger partial charge in [0.05, 0.1) is 38.6 Å². The average molecular weight is 579 g/mol. The zero-order valence-corrected chi connectivity index (χ0v) is 24.9. The lowest BCUT2D eigenvalue weighted by Gasteiger charge is -2.51. The summed E-state index contributed by atoms with van der Waals surface area (Å²) >= 11 is 0. The Labute approximate surface area is 256 Å². The minimum Gasteiger partial charge on any atom is -0.374 e. The minimum absolute atomic E-state index is 0.345. The molecule has 1 saturated heterocycles. The summed E-state index contributed by atoms with van der Waals surface area (Å²) in [6, 6.07) is 40.7. The molecule has 0 radical (unpaired) electrons. The summed E-state index contributed by atoms with van der Waals surface area (Å²) in [5, 5.41) is 0. The first-order valence-electron chi connectivity index (χ1n) is 15.0. The molecule has 1 aliphatic heterocycles. The third-order valence-corrected chi connectivity index (χ3v) is 7.80. The lowest BCUT2D eigenvalue weighted by atomic mass is 9.83. The van der Waals surface area contributed by atoms with Gasteiger partial charge in [0, 0.05) is 0 Å². The fourth-order valence-corrected chi connectivity index (χ4v) is 5.61. The minimum atomic E-state index is -0.717. The van der Waals surface area contributed by atoms with Crippen LogP contribution in [-0.4, -0.2) is 36.6 Å². The molecule has 0 amide bonds. The van der Waals surface area contributed by atoms with Crippen molar-refractivity contribution in [1.29, 1.82) is 0 Å². The Hall–Kier alpha value is -3.58. The number of ether oxygens (including phenoxy) is 5. The van der Waals surface area contributed by atoms with Gasteiger partial charge in [-0.2, -0.15) is 0 Å². The molecular weight excluding hydrogens is 536 g/mol. The average Bonchev–Trinajstić information content (AvgIpc) is 3.05. The van der Waals surface area contributed by atoms with Gasteiger partial charge in [-0.05, 0) is 35.6 Å². The summed E-state index contributed by atoms with van der Waals surface area (Å²) in [6.45, 7) is 8.22. The van der Waals surface area contributed by atoms with Gasteiger partial charge in [0.25, 0.3) is 0 Å². The van der Waals surface area contributed by atoms with Crippen molar-refractivity contribution >= 4 is 0 Å². The normalized spacial score (nSPS) is 23.6. The molecule has 5 nitrogen and oxygen atoms in total. The van der Waals surface area contributed by atoms with Crippen molar-refractivity contribution < 1.29 is 23.7 Å². The van der Waals surface area contributed by atoms with E-state index in [4.69, 9.17) is 23.7 Å². The van der Waals surface area contributed by atoms with Crippen molar-refractivity contribution in [2.75, 3.05) is 6.61 Å². The largest absolute Gasteiger partial charge is 0.374 e. The Morgan fingerprint density at radius 2 is 1.02 bits per heavy atom. The summed E-state index contributed by atoms with van der Waals surface area (Å²) in [4.78, 5) is 0. The molecule has 1 unspecified atom stereocenters. The smallest absolute Gasteiger partial charge is 0.116 e. The van der Waals surface area contributed by atoms with E-state index in [-0.39, 0.29) is 0 Å². The molecule has 1 fully saturated rings. The highest BCUT2D eigenvalue weighted by molar-refractivity contribution is 5.17. The monoisotopic (exact) mass is 578 g/mol. The van der Waals surface area contributed by atoms with Gasteiger partial charge < -0.3 is 23.7 Å². The van der Waals surface area contributed by atoms with E-state index < -0.39 is 30.0 Å². The van der Waals surface area contributed by atoms with E-state index in [0.29, 0.717) is 39.5 Å². The van der Waals surface area contributed by atoms with Gasteiger partial charge in [0.1, 0.15) is 24.4 Å². The topological polar surface area (TPSA) is 46.2 Å². The van der Waals surface area contributed by atoms with Gasteiger partial charge in [-0.25, -0.2) is 0 Å². The molecule has 43 heavy (non-hydrogen) atoms. The molecule has 4 aromatic rings. The third-order valence-electron chi connectivity index (χ3n) is 7.80. The fraction of sp³-hybridized carbons (Fsp3) is 0.316. The van der Waals surface area contributed by atoms with Gasteiger partial charge in [-0.1, -0.05) is 127 Å². The Bertz CT molecular complexity index is 1350. The van der Waals surface area contributed by atoms with E-state index in [1.807, 2.05) is 78.9 Å². The second-order valence-electron chi connectivity index (χ2n) is 11.2. The summed E-state index contributed by atoms with van der Waals surface area (Å²) < 4.78 is 33.4. The maximum absolute atomic E-state index is 6.91. The Morgan fingerprint density at radius 1 is 0.605 bits per heavy atom. The molecule has 0 bridgehead atoms. The molecule has 1 aliphatic rings. The van der Waals surface area contributed by atoms with Gasteiger partial charge >= 0.3 is 0 Å². The third kappa shape index (κ3) is 8.73. The molecule has 0 saturated carbocycles. The molecule has 0 N–H and O–H groups in total. The van der Waals surface area contributed by atoms with Crippen LogP contribution in [-0.2, 0) is 50.1 Å². The first kappa shape index (κ1) is 30.9. The second-order valence-corrected chi connectivity index (χ2v) is 11.2. The van der Waals surface area contributed by atoms with Crippen molar-refractivity contribution in [3.8, 4) is 0 Å². The van der Waals surface area contributed by atoms with Crippen molar-refractivity contribution in [1.82, 2.24) is 0 Å². The maximum atomic E-state index is 6.91. The van der Waals surface area contributed by atoms with Crippen molar-refractivity contribution in [3.63, 3.8) is 0 Å². The molecule has 4 aromatic carbocycles. The van der Waals surface area contributed by atoms with Crippen LogP contribution in [0.1, 0.15) is 35.6 Å². The van der Waals surface area contributed by atoms with Gasteiger partial charge in [0.15, 0.2) is 0 Å². The van der Waals surface area contributed by atoms with E-state index in [9.17, 15) is 0 Å². The number of benzene rings is 4. The van der Waals surface area contributed by atoms with E-state index in [0.717, 1.165) is 22.3 Å². The lowest BCUT2D eigenvalue weighted by Crippen LogP contribution is -2.66. The van der Waals surface area contributed by atoms with Crippen LogP contribution in [0.25, 0.3) is 0 Å². The van der Waals surface area contributed by atoms with Crippen LogP contribution in [0.2, 0.25) is 0 Å². The summed E-state index contributed by atoms with van der Waals surface area (Å²) in [7, 11) is 0. The Kier molecular flexibility index (Phi) is 11.3. The van der Waals surface area contributed by atoms with E-state index in [1.54, 1.807) is 0 Å². The van der Waals surface area contributed by atoms with Crippen LogP contribution >= 0.6 is 0 Å². The first-order valence-corrected chi connectivity index (χ1v) is 15.0. The summed E-state index contributed by atoms with van der Waals surface area (Å²) in [6.07, 6.45) is 0.767. The molecule has 0 aromatic heterocycles. The molecule has 0 aliphatic carbocycles. The van der Waals surface area contributed by atoms with E-state index >= 15 is 0 Å². The predicted octanol–water partition coefficient (Wildman–Crippen LogP) is 7.69. The fourth-order valence-electron chi connectivity index (χ4n) is 5.61. The van der Waals surface area contributed by atoms with Crippen LogP contribution < -0.4 is 0 Å². The molecule has 1 heterocycles. The number of rotatable bonds is 15. The standard InChI is InChI=1S/C38H42O5/c1-3-24-38(2)37(42-28-33-22-14-7-15-23-33)36(41-27-32-20-12-6-13-21-32)35(40-26-31-18-10-5-11-19-31)34(43-38)29-39-25-30-16-8-4-9-17-30/h3-23,34-37H,1,24-29H2,2H3/t34-,35-,36+,37-,38?/m1/s1. The van der Waals surface area contributed by atoms with E-state index in [2.05, 4.69) is 62.0 Å². The molecule has 5 heteroatoms. The predicted molar refractivity (Wildman–Crippen MR) is 169 cm³/mol. The van der Waals surface area contributed by atoms with Crippen LogP contribution in [0, 0.1) is 0 Å². The van der Waals surface area contributed by atoms with Crippen LogP contribution in [0.5, 0.6) is 0 Å².